The van der Waals surface area contributed by atoms with Crippen LogP contribution in [0.1, 0.15) is 18.4 Å². The van der Waals surface area contributed by atoms with E-state index in [9.17, 15) is 9.59 Å². The summed E-state index contributed by atoms with van der Waals surface area (Å²) in [6, 6.07) is 8.08. The molecule has 1 aliphatic heterocycles. The minimum absolute atomic E-state index is 0.143. The van der Waals surface area contributed by atoms with Crippen molar-refractivity contribution in [3.8, 4) is 11.1 Å². The Morgan fingerprint density at radius 3 is 2.92 bits per heavy atom. The molecule has 0 aliphatic carbocycles. The number of primary amides is 1. The van der Waals surface area contributed by atoms with Gasteiger partial charge in [0.1, 0.15) is 4.70 Å². The Kier molecular flexibility index (Phi) is 4.24. The Morgan fingerprint density at radius 1 is 1.35 bits per heavy atom. The van der Waals surface area contributed by atoms with Gasteiger partial charge in [-0.2, -0.15) is 0 Å². The summed E-state index contributed by atoms with van der Waals surface area (Å²) in [5, 5.41) is 1.99. The molecule has 1 saturated heterocycles. The number of fused-ring (bicyclic) bond motifs is 1. The van der Waals surface area contributed by atoms with Gasteiger partial charge < -0.3 is 10.6 Å². The van der Waals surface area contributed by atoms with Crippen molar-refractivity contribution in [3.05, 3.63) is 45.6 Å². The Hall–Kier alpha value is -2.67. The van der Waals surface area contributed by atoms with Crippen LogP contribution in [0, 0.1) is 12.8 Å². The average Bonchev–Trinajstić information content (AvgIpc) is 3.06. The Bertz CT molecular complexity index is 1040. The van der Waals surface area contributed by atoms with Crippen LogP contribution in [0.4, 0.5) is 5.95 Å². The van der Waals surface area contributed by atoms with Crippen LogP contribution in [0.5, 0.6) is 0 Å². The first-order chi connectivity index (χ1) is 12.5. The summed E-state index contributed by atoms with van der Waals surface area (Å²) in [5.41, 5.74) is 9.23. The lowest BCUT2D eigenvalue weighted by molar-refractivity contribution is -0.122. The van der Waals surface area contributed by atoms with Crippen molar-refractivity contribution in [2.75, 3.05) is 18.0 Å². The van der Waals surface area contributed by atoms with E-state index in [2.05, 4.69) is 18.0 Å². The molecule has 26 heavy (non-hydrogen) atoms. The van der Waals surface area contributed by atoms with Crippen molar-refractivity contribution < 1.29 is 4.79 Å². The van der Waals surface area contributed by atoms with Crippen LogP contribution in [-0.2, 0) is 4.79 Å². The lowest BCUT2D eigenvalue weighted by Gasteiger charge is -2.31. The molecule has 7 heteroatoms. The summed E-state index contributed by atoms with van der Waals surface area (Å²) in [5.74, 6) is 0.0130. The predicted octanol–water partition coefficient (Wildman–Crippen LogP) is 2.66. The number of amides is 1. The SMILES string of the molecule is Cc1ccccc1-c1csc2c(=O)[nH]c(N3CCC[C@H](C(N)=O)C3)nc12. The zero-order valence-corrected chi connectivity index (χ0v) is 15.3. The maximum Gasteiger partial charge on any atom is 0.270 e. The average molecular weight is 368 g/mol. The van der Waals surface area contributed by atoms with Gasteiger partial charge in [-0.25, -0.2) is 4.98 Å². The highest BCUT2D eigenvalue weighted by Crippen LogP contribution is 2.33. The third-order valence-corrected chi connectivity index (χ3v) is 5.94. The van der Waals surface area contributed by atoms with Gasteiger partial charge in [0.05, 0.1) is 11.4 Å². The normalized spacial score (nSPS) is 17.6. The number of thiophene rings is 1. The lowest BCUT2D eigenvalue weighted by Crippen LogP contribution is -2.42. The monoisotopic (exact) mass is 368 g/mol. The maximum atomic E-state index is 12.6. The number of H-pyrrole nitrogens is 1. The van der Waals surface area contributed by atoms with Crippen LogP contribution < -0.4 is 16.2 Å². The highest BCUT2D eigenvalue weighted by molar-refractivity contribution is 7.17. The number of hydrogen-bond donors (Lipinski definition) is 2. The van der Waals surface area contributed by atoms with Gasteiger partial charge in [-0.05, 0) is 30.9 Å². The second-order valence-electron chi connectivity index (χ2n) is 6.72. The molecule has 1 atom stereocenters. The fraction of sp³-hybridized carbons (Fsp3) is 0.316. The number of rotatable bonds is 3. The summed E-state index contributed by atoms with van der Waals surface area (Å²) in [6.07, 6.45) is 1.63. The number of nitrogens with one attached hydrogen (secondary N) is 1. The first-order valence-corrected chi connectivity index (χ1v) is 9.54. The van der Waals surface area contributed by atoms with Crippen LogP contribution in [0.3, 0.4) is 0 Å². The molecule has 4 rings (SSSR count). The van der Waals surface area contributed by atoms with E-state index in [1.165, 1.54) is 11.3 Å². The third-order valence-electron chi connectivity index (χ3n) is 4.97. The van der Waals surface area contributed by atoms with E-state index in [1.54, 1.807) is 0 Å². The minimum atomic E-state index is -0.297. The molecular formula is C19H20N4O2S. The maximum absolute atomic E-state index is 12.6. The number of nitrogens with two attached hydrogens (primary N) is 1. The topological polar surface area (TPSA) is 92.1 Å². The molecule has 0 unspecified atom stereocenters. The van der Waals surface area contributed by atoms with Crippen molar-refractivity contribution in [2.45, 2.75) is 19.8 Å². The van der Waals surface area contributed by atoms with Crippen LogP contribution in [0.15, 0.2) is 34.4 Å². The van der Waals surface area contributed by atoms with Gasteiger partial charge in [0.2, 0.25) is 11.9 Å². The van der Waals surface area contributed by atoms with Gasteiger partial charge in [-0.1, -0.05) is 24.3 Å². The first-order valence-electron chi connectivity index (χ1n) is 8.66. The molecule has 6 nitrogen and oxygen atoms in total. The third kappa shape index (κ3) is 2.88. The van der Waals surface area contributed by atoms with E-state index >= 15 is 0 Å². The van der Waals surface area contributed by atoms with E-state index in [1.807, 2.05) is 28.5 Å². The van der Waals surface area contributed by atoms with Crippen LogP contribution in [0.25, 0.3) is 21.3 Å². The van der Waals surface area contributed by atoms with Gasteiger partial charge >= 0.3 is 0 Å². The Labute approximate surface area is 154 Å². The van der Waals surface area contributed by atoms with Gasteiger partial charge in [0.15, 0.2) is 0 Å². The molecule has 3 aromatic rings. The molecule has 2 aromatic heterocycles. The van der Waals surface area contributed by atoms with Crippen LogP contribution >= 0.6 is 11.3 Å². The van der Waals surface area contributed by atoms with Crippen molar-refractivity contribution in [1.82, 2.24) is 9.97 Å². The number of aromatic nitrogens is 2. The van der Waals surface area contributed by atoms with Crippen molar-refractivity contribution in [1.29, 1.82) is 0 Å². The second kappa shape index (κ2) is 6.57. The molecular weight excluding hydrogens is 348 g/mol. The van der Waals surface area contributed by atoms with Gasteiger partial charge in [-0.3, -0.25) is 14.6 Å². The zero-order valence-electron chi connectivity index (χ0n) is 14.5. The van der Waals surface area contributed by atoms with E-state index in [4.69, 9.17) is 10.7 Å². The van der Waals surface area contributed by atoms with Gasteiger partial charge in [0.25, 0.3) is 5.56 Å². The number of nitrogens with zero attached hydrogens (tertiary/aromatic N) is 2. The number of aryl methyl sites for hydroxylation is 1. The fourth-order valence-corrected chi connectivity index (χ4v) is 4.43. The molecule has 0 radical (unpaired) electrons. The molecule has 134 valence electrons. The molecule has 1 aromatic carbocycles. The van der Waals surface area contributed by atoms with Crippen molar-refractivity contribution >= 4 is 33.4 Å². The Morgan fingerprint density at radius 2 is 2.15 bits per heavy atom. The van der Waals surface area contributed by atoms with Crippen molar-refractivity contribution in [3.63, 3.8) is 0 Å². The number of carbonyl (C=O) groups is 1. The summed E-state index contributed by atoms with van der Waals surface area (Å²) < 4.78 is 0.621. The van der Waals surface area contributed by atoms with E-state index in [0.29, 0.717) is 22.7 Å². The summed E-state index contributed by atoms with van der Waals surface area (Å²) in [6.45, 7) is 3.30. The molecule has 1 amide bonds. The van der Waals surface area contributed by atoms with Crippen LogP contribution in [-0.4, -0.2) is 29.0 Å². The molecule has 3 N–H and O–H groups in total. The largest absolute Gasteiger partial charge is 0.369 e. The first kappa shape index (κ1) is 16.8. The van der Waals surface area contributed by atoms with E-state index in [-0.39, 0.29) is 17.4 Å². The number of aromatic amines is 1. The molecule has 1 fully saturated rings. The summed E-state index contributed by atoms with van der Waals surface area (Å²) in [7, 11) is 0. The smallest absolute Gasteiger partial charge is 0.270 e. The quantitative estimate of drug-likeness (QED) is 0.743. The molecule has 1 aliphatic rings. The van der Waals surface area contributed by atoms with E-state index in [0.717, 1.165) is 36.1 Å². The highest BCUT2D eigenvalue weighted by atomic mass is 32.1. The fourth-order valence-electron chi connectivity index (χ4n) is 3.53. The summed E-state index contributed by atoms with van der Waals surface area (Å²) >= 11 is 1.41. The summed E-state index contributed by atoms with van der Waals surface area (Å²) in [4.78, 5) is 33.7. The molecule has 0 bridgehead atoms. The van der Waals surface area contributed by atoms with Gasteiger partial charge in [-0.15, -0.1) is 11.3 Å². The molecule has 0 spiro atoms. The minimum Gasteiger partial charge on any atom is -0.369 e. The second-order valence-corrected chi connectivity index (χ2v) is 7.60. The molecule has 0 saturated carbocycles. The predicted molar refractivity (Wildman–Crippen MR) is 105 cm³/mol. The number of piperidine rings is 1. The number of anilines is 1. The zero-order chi connectivity index (χ0) is 18.3. The number of hydrogen-bond acceptors (Lipinski definition) is 5. The van der Waals surface area contributed by atoms with Crippen molar-refractivity contribution in [2.24, 2.45) is 11.7 Å². The van der Waals surface area contributed by atoms with Crippen LogP contribution in [0.2, 0.25) is 0 Å². The Balaban J connectivity index is 1.81. The lowest BCUT2D eigenvalue weighted by atomic mass is 9.98. The standard InChI is InChI=1S/C19H20N4O2S/c1-11-5-2-3-7-13(11)14-10-26-16-15(14)21-19(22-18(16)25)23-8-4-6-12(9-23)17(20)24/h2-3,5,7,10,12H,4,6,8-9H2,1H3,(H2,20,24)(H,21,22,25)/t12-/m0/s1. The molecule has 3 heterocycles. The van der Waals surface area contributed by atoms with E-state index < -0.39 is 0 Å². The highest BCUT2D eigenvalue weighted by Gasteiger charge is 2.26. The number of carbonyl (C=O) groups excluding carboxylic acids is 1. The van der Waals surface area contributed by atoms with Gasteiger partial charge in [0, 0.05) is 24.0 Å². The number of benzene rings is 1.